The van der Waals surface area contributed by atoms with E-state index in [1.54, 1.807) is 0 Å². The fourth-order valence-electron chi connectivity index (χ4n) is 3.30. The second-order valence-electron chi connectivity index (χ2n) is 5.71. The van der Waals surface area contributed by atoms with Crippen LogP contribution in [0.4, 0.5) is 5.69 Å². The summed E-state index contributed by atoms with van der Waals surface area (Å²) in [6.07, 6.45) is 5.25. The number of nitriles is 1. The number of fused-ring (bicyclic) bond motifs is 1. The summed E-state index contributed by atoms with van der Waals surface area (Å²) >= 11 is 0. The van der Waals surface area contributed by atoms with Gasteiger partial charge in [0.15, 0.2) is 0 Å². The van der Waals surface area contributed by atoms with Crippen molar-refractivity contribution in [1.82, 2.24) is 4.90 Å². The van der Waals surface area contributed by atoms with E-state index in [1.807, 2.05) is 12.1 Å². The van der Waals surface area contributed by atoms with Crippen molar-refractivity contribution in [2.45, 2.75) is 51.2 Å². The van der Waals surface area contributed by atoms with Gasteiger partial charge in [-0.3, -0.25) is 9.69 Å². The molecule has 1 N–H and O–H groups in total. The molecule has 104 valence electrons. The van der Waals surface area contributed by atoms with Crippen LogP contribution in [0.1, 0.15) is 43.2 Å². The Morgan fingerprint density at radius 2 is 2.05 bits per heavy atom. The molecule has 0 bridgehead atoms. The lowest BCUT2D eigenvalue weighted by atomic mass is 10.1. The fourth-order valence-corrected chi connectivity index (χ4v) is 3.30. The van der Waals surface area contributed by atoms with E-state index in [0.29, 0.717) is 0 Å². The highest BCUT2D eigenvalue weighted by Crippen LogP contribution is 2.32. The van der Waals surface area contributed by atoms with Crippen LogP contribution in [-0.4, -0.2) is 16.8 Å². The van der Waals surface area contributed by atoms with E-state index in [-0.39, 0.29) is 12.3 Å². The molecule has 1 aliphatic carbocycles. The Morgan fingerprint density at radius 1 is 1.30 bits per heavy atom. The van der Waals surface area contributed by atoms with Crippen LogP contribution in [0.5, 0.6) is 0 Å². The maximum Gasteiger partial charge on any atom is 0.238 e. The monoisotopic (exact) mass is 269 g/mol. The predicted molar refractivity (Wildman–Crippen MR) is 76.8 cm³/mol. The zero-order chi connectivity index (χ0) is 13.9. The van der Waals surface area contributed by atoms with Gasteiger partial charge in [0.1, 0.15) is 6.42 Å². The molecule has 3 rings (SSSR count). The molecule has 4 nitrogen and oxygen atoms in total. The van der Waals surface area contributed by atoms with Crippen molar-refractivity contribution in [3.63, 3.8) is 0 Å². The van der Waals surface area contributed by atoms with E-state index in [2.05, 4.69) is 22.3 Å². The highest BCUT2D eigenvalue weighted by molar-refractivity contribution is 5.92. The third-order valence-corrected chi connectivity index (χ3v) is 4.32. The van der Waals surface area contributed by atoms with Crippen molar-refractivity contribution in [1.29, 1.82) is 5.26 Å². The molecule has 1 aliphatic heterocycles. The van der Waals surface area contributed by atoms with Crippen LogP contribution in [0.3, 0.4) is 0 Å². The van der Waals surface area contributed by atoms with Crippen molar-refractivity contribution in [3.8, 4) is 6.07 Å². The molecule has 0 radical (unpaired) electrons. The average molecular weight is 269 g/mol. The summed E-state index contributed by atoms with van der Waals surface area (Å²) in [5, 5.41) is 11.3. The zero-order valence-corrected chi connectivity index (χ0v) is 11.6. The van der Waals surface area contributed by atoms with Gasteiger partial charge in [-0.2, -0.15) is 5.26 Å². The molecule has 0 saturated heterocycles. The van der Waals surface area contributed by atoms with Crippen LogP contribution in [0, 0.1) is 11.3 Å². The van der Waals surface area contributed by atoms with E-state index in [0.717, 1.165) is 24.8 Å². The molecule has 1 amide bonds. The summed E-state index contributed by atoms with van der Waals surface area (Å²) in [6, 6.07) is 8.69. The van der Waals surface area contributed by atoms with Gasteiger partial charge < -0.3 is 5.32 Å². The lowest BCUT2D eigenvalue weighted by Crippen LogP contribution is -2.27. The smallest absolute Gasteiger partial charge is 0.238 e. The molecular weight excluding hydrogens is 250 g/mol. The molecule has 1 aromatic rings. The van der Waals surface area contributed by atoms with Crippen molar-refractivity contribution < 1.29 is 4.79 Å². The predicted octanol–water partition coefficient (Wildman–Crippen LogP) is 2.80. The second-order valence-corrected chi connectivity index (χ2v) is 5.71. The Hall–Kier alpha value is -1.86. The molecule has 20 heavy (non-hydrogen) atoms. The van der Waals surface area contributed by atoms with Crippen LogP contribution in [0.15, 0.2) is 18.2 Å². The summed E-state index contributed by atoms with van der Waals surface area (Å²) in [7, 11) is 0. The molecule has 4 heteroatoms. The van der Waals surface area contributed by atoms with E-state index >= 15 is 0 Å². The molecule has 0 spiro atoms. The summed E-state index contributed by atoms with van der Waals surface area (Å²) in [6.45, 7) is 2.02. The van der Waals surface area contributed by atoms with Crippen LogP contribution in [0.25, 0.3) is 0 Å². The third kappa shape index (κ3) is 2.68. The first kappa shape index (κ1) is 13.1. The van der Waals surface area contributed by atoms with Gasteiger partial charge in [-0.05, 0) is 36.1 Å². The Bertz CT molecular complexity index is 555. The number of hydrogen-bond donors (Lipinski definition) is 1. The van der Waals surface area contributed by atoms with Gasteiger partial charge in [-0.1, -0.05) is 18.9 Å². The van der Waals surface area contributed by atoms with Crippen LogP contribution in [-0.2, 0) is 17.9 Å². The number of rotatable bonds is 3. The van der Waals surface area contributed by atoms with Crippen LogP contribution >= 0.6 is 0 Å². The fraction of sp³-hybridized carbons (Fsp3) is 0.500. The maximum absolute atomic E-state index is 11.4. The summed E-state index contributed by atoms with van der Waals surface area (Å²) < 4.78 is 0. The molecule has 0 aromatic heterocycles. The molecule has 2 aliphatic rings. The van der Waals surface area contributed by atoms with Gasteiger partial charge in [0.25, 0.3) is 0 Å². The summed E-state index contributed by atoms with van der Waals surface area (Å²) in [5.41, 5.74) is 3.49. The van der Waals surface area contributed by atoms with Crippen LogP contribution in [0.2, 0.25) is 0 Å². The minimum absolute atomic E-state index is 0.0920. The third-order valence-electron chi connectivity index (χ3n) is 4.32. The second kappa shape index (κ2) is 5.64. The quantitative estimate of drug-likeness (QED) is 0.918. The largest absolute Gasteiger partial charge is 0.325 e. The zero-order valence-electron chi connectivity index (χ0n) is 11.6. The number of carbonyl (C=O) groups is 1. The molecule has 1 aromatic carbocycles. The maximum atomic E-state index is 11.4. The normalized spacial score (nSPS) is 18.8. The van der Waals surface area contributed by atoms with Crippen molar-refractivity contribution in [2.24, 2.45) is 0 Å². The number of carbonyl (C=O) groups excluding carboxylic acids is 1. The Labute approximate surface area is 119 Å². The first-order chi connectivity index (χ1) is 9.76. The van der Waals surface area contributed by atoms with Crippen molar-refractivity contribution >= 4 is 11.6 Å². The molecule has 1 saturated carbocycles. The Kier molecular flexibility index (Phi) is 3.70. The molecule has 0 atom stereocenters. The standard InChI is InChI=1S/C16H19N3O/c17-8-7-16(20)18-14-6-5-12-10-19(11-13(12)9-14)15-3-1-2-4-15/h5-6,9,15H,1-4,7,10-11H2,(H,18,20). The summed E-state index contributed by atoms with van der Waals surface area (Å²) in [4.78, 5) is 14.0. The molecular formula is C16H19N3O. The Balaban J connectivity index is 1.68. The Morgan fingerprint density at radius 3 is 2.80 bits per heavy atom. The van der Waals surface area contributed by atoms with E-state index in [1.165, 1.54) is 36.8 Å². The van der Waals surface area contributed by atoms with Gasteiger partial charge in [-0.15, -0.1) is 0 Å². The highest BCUT2D eigenvalue weighted by Gasteiger charge is 2.27. The van der Waals surface area contributed by atoms with E-state index in [4.69, 9.17) is 5.26 Å². The van der Waals surface area contributed by atoms with Gasteiger partial charge in [0.2, 0.25) is 5.91 Å². The molecule has 0 unspecified atom stereocenters. The lowest BCUT2D eigenvalue weighted by Gasteiger charge is -2.22. The first-order valence-electron chi connectivity index (χ1n) is 7.29. The number of nitrogens with zero attached hydrogens (tertiary/aromatic N) is 2. The van der Waals surface area contributed by atoms with Crippen molar-refractivity contribution in [3.05, 3.63) is 29.3 Å². The molecule has 1 fully saturated rings. The minimum atomic E-state index is -0.238. The number of anilines is 1. The molecule has 1 heterocycles. The number of hydrogen-bond acceptors (Lipinski definition) is 3. The number of nitrogens with one attached hydrogen (secondary N) is 1. The van der Waals surface area contributed by atoms with Crippen LogP contribution < -0.4 is 5.32 Å². The SMILES string of the molecule is N#CCC(=O)Nc1ccc2c(c1)CN(C1CCCC1)C2. The minimum Gasteiger partial charge on any atom is -0.325 e. The van der Waals surface area contributed by atoms with Gasteiger partial charge >= 0.3 is 0 Å². The van der Waals surface area contributed by atoms with Crippen molar-refractivity contribution in [2.75, 3.05) is 5.32 Å². The first-order valence-corrected chi connectivity index (χ1v) is 7.29. The number of benzene rings is 1. The van der Waals surface area contributed by atoms with Gasteiger partial charge in [-0.25, -0.2) is 0 Å². The average Bonchev–Trinajstić information content (AvgIpc) is 3.07. The number of amides is 1. The van der Waals surface area contributed by atoms with Gasteiger partial charge in [0, 0.05) is 24.8 Å². The van der Waals surface area contributed by atoms with E-state index in [9.17, 15) is 4.79 Å². The highest BCUT2D eigenvalue weighted by atomic mass is 16.1. The lowest BCUT2D eigenvalue weighted by molar-refractivity contribution is -0.115. The summed E-state index contributed by atoms with van der Waals surface area (Å²) in [5.74, 6) is -0.238. The van der Waals surface area contributed by atoms with Gasteiger partial charge in [0.05, 0.1) is 6.07 Å². The van der Waals surface area contributed by atoms with E-state index < -0.39 is 0 Å². The topological polar surface area (TPSA) is 56.1 Å².